The molecule has 4 rings (SSSR count). The summed E-state index contributed by atoms with van der Waals surface area (Å²) in [5, 5.41) is 12.5. The van der Waals surface area contributed by atoms with Crippen LogP contribution in [0, 0.1) is 18.6 Å². The topological polar surface area (TPSA) is 55.6 Å². The van der Waals surface area contributed by atoms with Crippen molar-refractivity contribution in [3.05, 3.63) is 74.9 Å². The normalized spacial score (nSPS) is 12.3. The van der Waals surface area contributed by atoms with Gasteiger partial charge in [0.15, 0.2) is 17.5 Å². The molecule has 4 aromatic rings. The van der Waals surface area contributed by atoms with Gasteiger partial charge in [-0.05, 0) is 19.9 Å². The van der Waals surface area contributed by atoms with E-state index in [0.29, 0.717) is 5.82 Å². The zero-order valence-corrected chi connectivity index (χ0v) is 16.8. The van der Waals surface area contributed by atoms with Gasteiger partial charge in [-0.15, -0.1) is 22.7 Å². The Hall–Kier alpha value is -2.65. The highest BCUT2D eigenvalue weighted by molar-refractivity contribution is 7.16. The van der Waals surface area contributed by atoms with Crippen LogP contribution < -0.4 is 5.32 Å². The summed E-state index contributed by atoms with van der Waals surface area (Å²) >= 11 is 3.18. The van der Waals surface area contributed by atoms with Gasteiger partial charge in [-0.2, -0.15) is 5.10 Å². The third-order valence-electron chi connectivity index (χ3n) is 4.16. The summed E-state index contributed by atoms with van der Waals surface area (Å²) in [4.78, 5) is 9.02. The van der Waals surface area contributed by atoms with Crippen LogP contribution >= 0.6 is 22.7 Å². The molecule has 3 aromatic heterocycles. The van der Waals surface area contributed by atoms with Crippen LogP contribution in [0.1, 0.15) is 34.1 Å². The summed E-state index contributed by atoms with van der Waals surface area (Å²) in [7, 11) is 0. The molecule has 0 aliphatic heterocycles. The van der Waals surface area contributed by atoms with Crippen molar-refractivity contribution in [2.45, 2.75) is 26.3 Å². The molecule has 0 spiro atoms. The van der Waals surface area contributed by atoms with Gasteiger partial charge in [-0.1, -0.05) is 12.1 Å². The standard InChI is InChI=1S/C19H17F2N5S2/c1-11-10-27-19(23-11)12(2)18-22-8-16(28-18)24-15-6-7-26(25-15)9-13-4-3-5-14(20)17(13)21/h3-8,10,12H,9H2,1-2H3,(H,24,25). The van der Waals surface area contributed by atoms with Crippen molar-refractivity contribution in [3.8, 4) is 0 Å². The van der Waals surface area contributed by atoms with Gasteiger partial charge >= 0.3 is 0 Å². The maximum atomic E-state index is 13.8. The van der Waals surface area contributed by atoms with E-state index in [1.807, 2.05) is 12.3 Å². The lowest BCUT2D eigenvalue weighted by atomic mass is 10.2. The van der Waals surface area contributed by atoms with Crippen LogP contribution in [0.15, 0.2) is 42.0 Å². The summed E-state index contributed by atoms with van der Waals surface area (Å²) in [6.07, 6.45) is 3.48. The van der Waals surface area contributed by atoms with Crippen LogP contribution in [-0.4, -0.2) is 19.7 Å². The van der Waals surface area contributed by atoms with Crippen LogP contribution in [0.5, 0.6) is 0 Å². The van der Waals surface area contributed by atoms with Crippen molar-refractivity contribution in [2.75, 3.05) is 5.32 Å². The number of thiazole rings is 2. The molecule has 1 aromatic carbocycles. The highest BCUT2D eigenvalue weighted by Gasteiger charge is 2.16. The smallest absolute Gasteiger partial charge is 0.163 e. The predicted octanol–water partition coefficient (Wildman–Crippen LogP) is 5.33. The van der Waals surface area contributed by atoms with Crippen molar-refractivity contribution in [3.63, 3.8) is 0 Å². The Labute approximate surface area is 168 Å². The van der Waals surface area contributed by atoms with E-state index in [2.05, 4.69) is 27.3 Å². The molecular weight excluding hydrogens is 400 g/mol. The molecule has 0 aliphatic carbocycles. The van der Waals surface area contributed by atoms with Crippen molar-refractivity contribution in [1.29, 1.82) is 0 Å². The van der Waals surface area contributed by atoms with E-state index in [1.54, 1.807) is 51.9 Å². The first kappa shape index (κ1) is 18.7. The second-order valence-corrected chi connectivity index (χ2v) is 8.30. The molecule has 0 amide bonds. The van der Waals surface area contributed by atoms with E-state index in [1.165, 1.54) is 6.07 Å². The number of benzene rings is 1. The first-order valence-electron chi connectivity index (χ1n) is 8.60. The average molecular weight is 418 g/mol. The number of nitrogens with one attached hydrogen (secondary N) is 1. The molecule has 0 saturated heterocycles. The number of hydrogen-bond donors (Lipinski definition) is 1. The zero-order chi connectivity index (χ0) is 19.7. The molecule has 0 aliphatic rings. The molecule has 144 valence electrons. The van der Waals surface area contributed by atoms with Crippen LogP contribution in [0.25, 0.3) is 0 Å². The SMILES string of the molecule is Cc1csc(C(C)c2ncc(Nc3ccn(Cc4cccc(F)c4F)n3)s2)n1. The van der Waals surface area contributed by atoms with Crippen molar-refractivity contribution in [1.82, 2.24) is 19.7 Å². The second kappa shape index (κ2) is 7.76. The van der Waals surface area contributed by atoms with Gasteiger partial charge in [0.1, 0.15) is 15.0 Å². The Morgan fingerprint density at radius 2 is 2.07 bits per heavy atom. The Balaban J connectivity index is 1.44. The minimum Gasteiger partial charge on any atom is -0.329 e. The first-order chi connectivity index (χ1) is 13.5. The van der Waals surface area contributed by atoms with E-state index < -0.39 is 11.6 Å². The minimum atomic E-state index is -0.857. The fraction of sp³-hybridized carbons (Fsp3) is 0.211. The molecule has 3 heterocycles. The average Bonchev–Trinajstić information content (AvgIpc) is 3.41. The molecule has 28 heavy (non-hydrogen) atoms. The molecule has 0 bridgehead atoms. The molecule has 5 nitrogen and oxygen atoms in total. The summed E-state index contributed by atoms with van der Waals surface area (Å²) in [5.41, 5.74) is 1.27. The third-order valence-corrected chi connectivity index (χ3v) is 6.40. The van der Waals surface area contributed by atoms with E-state index in [4.69, 9.17) is 0 Å². The second-order valence-electron chi connectivity index (χ2n) is 6.35. The molecular formula is C19H17F2N5S2. The maximum absolute atomic E-state index is 13.8. The number of rotatable bonds is 6. The van der Waals surface area contributed by atoms with Gasteiger partial charge < -0.3 is 5.32 Å². The fourth-order valence-corrected chi connectivity index (χ4v) is 4.52. The summed E-state index contributed by atoms with van der Waals surface area (Å²) in [5.74, 6) is -0.951. The lowest BCUT2D eigenvalue weighted by molar-refractivity contribution is 0.492. The van der Waals surface area contributed by atoms with Gasteiger partial charge in [0.25, 0.3) is 0 Å². The Kier molecular flexibility index (Phi) is 5.19. The van der Waals surface area contributed by atoms with Crippen LogP contribution in [0.2, 0.25) is 0 Å². The molecule has 1 unspecified atom stereocenters. The molecule has 1 atom stereocenters. The van der Waals surface area contributed by atoms with E-state index >= 15 is 0 Å². The zero-order valence-electron chi connectivity index (χ0n) is 15.2. The minimum absolute atomic E-state index is 0.132. The van der Waals surface area contributed by atoms with Crippen LogP contribution in [-0.2, 0) is 6.54 Å². The van der Waals surface area contributed by atoms with Gasteiger partial charge in [-0.25, -0.2) is 18.7 Å². The first-order valence-corrected chi connectivity index (χ1v) is 10.3. The Bertz CT molecular complexity index is 1100. The lowest BCUT2D eigenvalue weighted by Gasteiger charge is -2.04. The molecule has 9 heteroatoms. The highest BCUT2D eigenvalue weighted by atomic mass is 32.1. The summed E-state index contributed by atoms with van der Waals surface area (Å²) in [6, 6.07) is 5.92. The fourth-order valence-electron chi connectivity index (χ4n) is 2.71. The van der Waals surface area contributed by atoms with Crippen molar-refractivity contribution in [2.24, 2.45) is 0 Å². The maximum Gasteiger partial charge on any atom is 0.163 e. The number of anilines is 2. The quantitative estimate of drug-likeness (QED) is 0.461. The summed E-state index contributed by atoms with van der Waals surface area (Å²) < 4.78 is 28.7. The van der Waals surface area contributed by atoms with Crippen molar-refractivity contribution < 1.29 is 8.78 Å². The summed E-state index contributed by atoms with van der Waals surface area (Å²) in [6.45, 7) is 4.22. The number of aryl methyl sites for hydroxylation is 1. The van der Waals surface area contributed by atoms with E-state index in [0.717, 1.165) is 26.8 Å². The Morgan fingerprint density at radius 1 is 1.21 bits per heavy atom. The van der Waals surface area contributed by atoms with Gasteiger partial charge in [0, 0.05) is 28.9 Å². The Morgan fingerprint density at radius 3 is 2.86 bits per heavy atom. The monoisotopic (exact) mass is 417 g/mol. The largest absolute Gasteiger partial charge is 0.329 e. The van der Waals surface area contributed by atoms with Crippen LogP contribution in [0.3, 0.4) is 0 Å². The molecule has 0 radical (unpaired) electrons. The van der Waals surface area contributed by atoms with Gasteiger partial charge in [0.05, 0.1) is 18.7 Å². The molecule has 1 N–H and O–H groups in total. The van der Waals surface area contributed by atoms with E-state index in [9.17, 15) is 8.78 Å². The van der Waals surface area contributed by atoms with Gasteiger partial charge in [-0.3, -0.25) is 4.68 Å². The van der Waals surface area contributed by atoms with Crippen LogP contribution in [0.4, 0.5) is 19.6 Å². The molecule has 0 fully saturated rings. The lowest BCUT2D eigenvalue weighted by Crippen LogP contribution is -2.04. The highest BCUT2D eigenvalue weighted by Crippen LogP contribution is 2.32. The number of hydrogen-bond acceptors (Lipinski definition) is 6. The van der Waals surface area contributed by atoms with E-state index in [-0.39, 0.29) is 18.0 Å². The van der Waals surface area contributed by atoms with Gasteiger partial charge in [0.2, 0.25) is 0 Å². The third kappa shape index (κ3) is 3.95. The number of aromatic nitrogens is 4. The predicted molar refractivity (Wildman–Crippen MR) is 107 cm³/mol. The number of halogens is 2. The van der Waals surface area contributed by atoms with Crippen molar-refractivity contribution >= 4 is 33.5 Å². The number of nitrogens with zero attached hydrogens (tertiary/aromatic N) is 4. The molecule has 0 saturated carbocycles.